The molecular formula is C18H17N3O5S. The second-order valence-corrected chi connectivity index (χ2v) is 7.43. The van der Waals surface area contributed by atoms with Gasteiger partial charge in [-0.1, -0.05) is 30.3 Å². The van der Waals surface area contributed by atoms with Crippen LogP contribution in [0.4, 0.5) is 5.69 Å². The molecule has 1 heterocycles. The van der Waals surface area contributed by atoms with E-state index in [4.69, 9.17) is 9.88 Å². The number of nitrogens with two attached hydrogens (primary N) is 1. The van der Waals surface area contributed by atoms with Crippen molar-refractivity contribution in [1.82, 2.24) is 0 Å². The number of sulfonamides is 1. The molecule has 0 saturated carbocycles. The summed E-state index contributed by atoms with van der Waals surface area (Å²) >= 11 is 0. The molecule has 1 amide bonds. The Morgan fingerprint density at radius 1 is 1.15 bits per heavy atom. The maximum atomic E-state index is 12.9. The van der Waals surface area contributed by atoms with Gasteiger partial charge in [-0.3, -0.25) is 9.59 Å². The molecule has 2 aromatic rings. The molecule has 0 radical (unpaired) electrons. The van der Waals surface area contributed by atoms with Crippen LogP contribution < -0.4 is 10.1 Å². The average molecular weight is 387 g/mol. The minimum Gasteiger partial charge on any atom is -0.469 e. The lowest BCUT2D eigenvalue weighted by Gasteiger charge is -2.14. The fourth-order valence-corrected chi connectivity index (χ4v) is 3.27. The third-order valence-corrected chi connectivity index (χ3v) is 5.05. The normalized spacial score (nSPS) is 17.0. The van der Waals surface area contributed by atoms with Crippen LogP contribution in [0.15, 0.2) is 64.6 Å². The average Bonchev–Trinajstić information content (AvgIpc) is 2.98. The molecule has 2 N–H and O–H groups in total. The van der Waals surface area contributed by atoms with Gasteiger partial charge in [-0.2, -0.15) is 10.1 Å². The van der Waals surface area contributed by atoms with Crippen molar-refractivity contribution >= 4 is 33.3 Å². The molecule has 8 nitrogen and oxygen atoms in total. The lowest BCUT2D eigenvalue weighted by atomic mass is 9.94. The van der Waals surface area contributed by atoms with Crippen molar-refractivity contribution in [3.05, 3.63) is 60.2 Å². The number of hydrogen-bond acceptors (Lipinski definition) is 6. The van der Waals surface area contributed by atoms with Crippen LogP contribution in [0.1, 0.15) is 12.0 Å². The van der Waals surface area contributed by atoms with Gasteiger partial charge < -0.3 is 4.74 Å². The van der Waals surface area contributed by atoms with E-state index in [1.807, 2.05) is 6.07 Å². The van der Waals surface area contributed by atoms with Crippen LogP contribution in [0.5, 0.6) is 0 Å². The van der Waals surface area contributed by atoms with E-state index < -0.39 is 27.8 Å². The number of carbonyl (C=O) groups excluding carboxylic acids is 2. The Balaban J connectivity index is 1.99. The molecule has 0 spiro atoms. The summed E-state index contributed by atoms with van der Waals surface area (Å²) < 4.78 is 27.5. The number of primary sulfonamides is 1. The van der Waals surface area contributed by atoms with Crippen molar-refractivity contribution in [2.75, 3.05) is 12.1 Å². The van der Waals surface area contributed by atoms with Gasteiger partial charge in [-0.25, -0.2) is 13.6 Å². The number of hydrogen-bond donors (Lipinski definition) is 1. The molecule has 0 fully saturated rings. The fraction of sp³-hybridized carbons (Fsp3) is 0.167. The lowest BCUT2D eigenvalue weighted by molar-refractivity contribution is -0.142. The zero-order valence-electron chi connectivity index (χ0n) is 14.4. The minimum atomic E-state index is -3.84. The number of amides is 1. The van der Waals surface area contributed by atoms with E-state index in [9.17, 15) is 18.0 Å². The summed E-state index contributed by atoms with van der Waals surface area (Å²) in [6.45, 7) is 0. The predicted molar refractivity (Wildman–Crippen MR) is 98.4 cm³/mol. The molecule has 9 heteroatoms. The van der Waals surface area contributed by atoms with Crippen molar-refractivity contribution in [3.8, 4) is 0 Å². The van der Waals surface area contributed by atoms with Crippen molar-refractivity contribution in [3.63, 3.8) is 0 Å². The highest BCUT2D eigenvalue weighted by Gasteiger charge is 2.39. The summed E-state index contributed by atoms with van der Waals surface area (Å²) in [4.78, 5) is 24.6. The number of hydrazone groups is 1. The van der Waals surface area contributed by atoms with Crippen molar-refractivity contribution in [2.45, 2.75) is 11.3 Å². The van der Waals surface area contributed by atoms with Crippen LogP contribution in [0, 0.1) is 5.92 Å². The number of benzene rings is 2. The zero-order valence-corrected chi connectivity index (χ0v) is 15.2. The van der Waals surface area contributed by atoms with Crippen LogP contribution in [0.2, 0.25) is 0 Å². The van der Waals surface area contributed by atoms with E-state index in [1.165, 1.54) is 31.4 Å². The molecule has 1 aliphatic heterocycles. The van der Waals surface area contributed by atoms with Gasteiger partial charge in [0.15, 0.2) is 0 Å². The maximum absolute atomic E-state index is 12.9. The Morgan fingerprint density at radius 2 is 1.78 bits per heavy atom. The SMILES string of the molecule is COC(=O)CC1C(=O)N(c2ccc(S(N)(=O)=O)cc2)N=C1c1ccccc1. The molecular weight excluding hydrogens is 370 g/mol. The molecule has 0 aliphatic carbocycles. The highest BCUT2D eigenvalue weighted by molar-refractivity contribution is 7.89. The molecule has 27 heavy (non-hydrogen) atoms. The quantitative estimate of drug-likeness (QED) is 0.775. The summed E-state index contributed by atoms with van der Waals surface area (Å²) in [6, 6.07) is 14.5. The number of anilines is 1. The molecule has 2 aromatic carbocycles. The Hall–Kier alpha value is -3.04. The number of carbonyl (C=O) groups is 2. The first-order chi connectivity index (χ1) is 12.8. The first-order valence-corrected chi connectivity index (χ1v) is 9.53. The maximum Gasteiger partial charge on any atom is 0.306 e. The van der Waals surface area contributed by atoms with Crippen molar-refractivity contribution < 1.29 is 22.7 Å². The standard InChI is InChI=1S/C18H17N3O5S/c1-26-16(22)11-15-17(12-5-3-2-4-6-12)20-21(18(15)23)13-7-9-14(10-8-13)27(19,24)25/h2-10,15H,11H2,1H3,(H2,19,24,25). The zero-order chi connectivity index (χ0) is 19.6. The summed E-state index contributed by atoms with van der Waals surface area (Å²) in [5.41, 5.74) is 1.53. The molecule has 3 rings (SSSR count). The van der Waals surface area contributed by atoms with Gasteiger partial charge in [0.25, 0.3) is 5.91 Å². The molecule has 1 atom stereocenters. The Kier molecular flexibility index (Phi) is 5.06. The molecule has 1 aliphatic rings. The van der Waals surface area contributed by atoms with Gasteiger partial charge in [0, 0.05) is 0 Å². The van der Waals surface area contributed by atoms with Gasteiger partial charge in [0.1, 0.15) is 0 Å². The van der Waals surface area contributed by atoms with E-state index in [-0.39, 0.29) is 11.3 Å². The third kappa shape index (κ3) is 3.88. The second kappa shape index (κ2) is 7.29. The Labute approximate surface area is 156 Å². The van der Waals surface area contributed by atoms with Crippen LogP contribution in [-0.4, -0.2) is 33.1 Å². The van der Waals surface area contributed by atoms with E-state index in [0.29, 0.717) is 17.0 Å². The van der Waals surface area contributed by atoms with Crippen LogP contribution in [0.3, 0.4) is 0 Å². The summed E-state index contributed by atoms with van der Waals surface area (Å²) in [5, 5.41) is 10.6. The third-order valence-electron chi connectivity index (χ3n) is 4.12. The van der Waals surface area contributed by atoms with Gasteiger partial charge in [0.05, 0.1) is 35.7 Å². The van der Waals surface area contributed by atoms with Crippen molar-refractivity contribution in [2.24, 2.45) is 16.2 Å². The number of rotatable bonds is 5. The number of ether oxygens (including phenoxy) is 1. The fourth-order valence-electron chi connectivity index (χ4n) is 2.76. The summed E-state index contributed by atoms with van der Waals surface area (Å²) in [5.74, 6) is -1.72. The molecule has 1 unspecified atom stereocenters. The van der Waals surface area contributed by atoms with Crippen LogP contribution >= 0.6 is 0 Å². The second-order valence-electron chi connectivity index (χ2n) is 5.87. The van der Waals surface area contributed by atoms with Crippen LogP contribution in [0.25, 0.3) is 0 Å². The first-order valence-electron chi connectivity index (χ1n) is 7.99. The largest absolute Gasteiger partial charge is 0.469 e. The monoisotopic (exact) mass is 387 g/mol. The highest BCUT2D eigenvalue weighted by atomic mass is 32.2. The lowest BCUT2D eigenvalue weighted by Crippen LogP contribution is -2.29. The van der Waals surface area contributed by atoms with E-state index in [1.54, 1.807) is 24.3 Å². The number of esters is 1. The smallest absolute Gasteiger partial charge is 0.306 e. The summed E-state index contributed by atoms with van der Waals surface area (Å²) in [7, 11) is -2.59. The van der Waals surface area contributed by atoms with Gasteiger partial charge >= 0.3 is 5.97 Å². The van der Waals surface area contributed by atoms with Crippen molar-refractivity contribution in [1.29, 1.82) is 0 Å². The van der Waals surface area contributed by atoms with E-state index >= 15 is 0 Å². The number of methoxy groups -OCH3 is 1. The number of nitrogens with zero attached hydrogens (tertiary/aromatic N) is 2. The van der Waals surface area contributed by atoms with Gasteiger partial charge in [-0.15, -0.1) is 0 Å². The predicted octanol–water partition coefficient (Wildman–Crippen LogP) is 1.26. The van der Waals surface area contributed by atoms with Crippen LogP contribution in [-0.2, 0) is 24.3 Å². The van der Waals surface area contributed by atoms with Gasteiger partial charge in [0.2, 0.25) is 10.0 Å². The van der Waals surface area contributed by atoms with Gasteiger partial charge in [-0.05, 0) is 29.8 Å². The Morgan fingerprint density at radius 3 is 2.33 bits per heavy atom. The molecule has 0 saturated heterocycles. The van der Waals surface area contributed by atoms with E-state index in [2.05, 4.69) is 5.10 Å². The molecule has 0 aromatic heterocycles. The molecule has 0 bridgehead atoms. The topological polar surface area (TPSA) is 119 Å². The molecule has 140 valence electrons. The van der Waals surface area contributed by atoms with E-state index in [0.717, 1.165) is 5.01 Å². The minimum absolute atomic E-state index is 0.0729. The highest BCUT2D eigenvalue weighted by Crippen LogP contribution is 2.29. The first kappa shape index (κ1) is 18.7. The Bertz CT molecular complexity index is 1000. The summed E-state index contributed by atoms with van der Waals surface area (Å²) in [6.07, 6.45) is -0.144.